The number of nitrogens with one attached hydrogen (secondary N) is 1. The molecule has 1 fully saturated rings. The van der Waals surface area contributed by atoms with Crippen LogP contribution in [0.25, 0.3) is 0 Å². The number of carboxylic acid groups (broad SMARTS) is 1. The van der Waals surface area contributed by atoms with Crippen LogP contribution >= 0.6 is 0 Å². The Labute approximate surface area is 112 Å². The Morgan fingerprint density at radius 3 is 2.89 bits per heavy atom. The Hall–Kier alpha value is -1.40. The van der Waals surface area contributed by atoms with Gasteiger partial charge in [0, 0.05) is 12.1 Å². The fourth-order valence-electron chi connectivity index (χ4n) is 2.54. The van der Waals surface area contributed by atoms with Gasteiger partial charge in [-0.15, -0.1) is 0 Å². The van der Waals surface area contributed by atoms with Gasteiger partial charge in [0.15, 0.2) is 11.5 Å². The second kappa shape index (κ2) is 6.68. The molecule has 2 heterocycles. The summed E-state index contributed by atoms with van der Waals surface area (Å²) >= 11 is 0. The van der Waals surface area contributed by atoms with Crippen molar-refractivity contribution in [1.29, 1.82) is 0 Å². The lowest BCUT2D eigenvalue weighted by Crippen LogP contribution is -2.43. The minimum Gasteiger partial charge on any atom is -0.476 e. The van der Waals surface area contributed by atoms with Gasteiger partial charge >= 0.3 is 5.97 Å². The minimum atomic E-state index is -1.04. The summed E-state index contributed by atoms with van der Waals surface area (Å²) in [5.74, 6) is -0.414. The van der Waals surface area contributed by atoms with E-state index in [1.165, 1.54) is 6.07 Å². The predicted octanol–water partition coefficient (Wildman–Crippen LogP) is 1.34. The summed E-state index contributed by atoms with van der Waals surface area (Å²) in [5.41, 5.74) is -0.0169. The summed E-state index contributed by atoms with van der Waals surface area (Å²) in [6.07, 6.45) is 3.32. The van der Waals surface area contributed by atoms with Crippen molar-refractivity contribution in [3.63, 3.8) is 0 Å². The van der Waals surface area contributed by atoms with Crippen molar-refractivity contribution in [3.8, 4) is 0 Å². The fourth-order valence-corrected chi connectivity index (χ4v) is 2.54. The van der Waals surface area contributed by atoms with Crippen LogP contribution in [-0.4, -0.2) is 46.8 Å². The third-order valence-corrected chi connectivity index (χ3v) is 3.47. The van der Waals surface area contributed by atoms with Crippen molar-refractivity contribution in [2.45, 2.75) is 38.8 Å². The molecule has 0 bridgehead atoms. The van der Waals surface area contributed by atoms with Crippen molar-refractivity contribution in [2.75, 3.05) is 19.6 Å². The van der Waals surface area contributed by atoms with Gasteiger partial charge in [-0.05, 0) is 38.9 Å². The average Bonchev–Trinajstić information content (AvgIpc) is 2.88. The first-order chi connectivity index (χ1) is 9.20. The van der Waals surface area contributed by atoms with Gasteiger partial charge in [0.25, 0.3) is 0 Å². The minimum absolute atomic E-state index is 0.0169. The molecule has 1 saturated heterocycles. The Balaban J connectivity index is 2.00. The number of aromatic carboxylic acids is 1. The van der Waals surface area contributed by atoms with E-state index >= 15 is 0 Å². The SMILES string of the molecule is CCCN(Cc1cc(C(=O)O)no1)C1CCNCC1. The Morgan fingerprint density at radius 2 is 2.32 bits per heavy atom. The van der Waals surface area contributed by atoms with Crippen molar-refractivity contribution < 1.29 is 14.4 Å². The molecule has 1 aromatic rings. The van der Waals surface area contributed by atoms with Crippen molar-refractivity contribution >= 4 is 5.97 Å². The molecule has 6 heteroatoms. The maximum absolute atomic E-state index is 10.8. The zero-order chi connectivity index (χ0) is 13.7. The molecule has 1 aromatic heterocycles. The van der Waals surface area contributed by atoms with Crippen molar-refractivity contribution in [1.82, 2.24) is 15.4 Å². The number of piperidine rings is 1. The van der Waals surface area contributed by atoms with Crippen LogP contribution in [0.5, 0.6) is 0 Å². The second-order valence-corrected chi connectivity index (χ2v) is 4.94. The maximum Gasteiger partial charge on any atom is 0.358 e. The zero-order valence-corrected chi connectivity index (χ0v) is 11.3. The van der Waals surface area contributed by atoms with Crippen molar-refractivity contribution in [2.24, 2.45) is 0 Å². The molecule has 0 spiro atoms. The highest BCUT2D eigenvalue weighted by molar-refractivity contribution is 5.85. The first-order valence-corrected chi connectivity index (χ1v) is 6.84. The maximum atomic E-state index is 10.8. The summed E-state index contributed by atoms with van der Waals surface area (Å²) in [6, 6.07) is 2.06. The van der Waals surface area contributed by atoms with E-state index < -0.39 is 5.97 Å². The van der Waals surface area contributed by atoms with Crippen LogP contribution in [0.3, 0.4) is 0 Å². The Bertz CT molecular complexity index is 413. The van der Waals surface area contributed by atoms with Crippen LogP contribution in [0.4, 0.5) is 0 Å². The highest BCUT2D eigenvalue weighted by Gasteiger charge is 2.22. The molecular weight excluding hydrogens is 246 g/mol. The molecule has 1 aliphatic heterocycles. The third kappa shape index (κ3) is 3.78. The number of carboxylic acids is 1. The number of aromatic nitrogens is 1. The zero-order valence-electron chi connectivity index (χ0n) is 11.3. The largest absolute Gasteiger partial charge is 0.476 e. The van der Waals surface area contributed by atoms with E-state index in [0.29, 0.717) is 18.3 Å². The van der Waals surface area contributed by atoms with E-state index in [2.05, 4.69) is 22.3 Å². The van der Waals surface area contributed by atoms with Gasteiger partial charge in [-0.1, -0.05) is 12.1 Å². The number of carbonyl (C=O) groups is 1. The lowest BCUT2D eigenvalue weighted by Gasteiger charge is -2.33. The molecule has 6 nitrogen and oxygen atoms in total. The molecule has 0 atom stereocenters. The molecule has 0 unspecified atom stereocenters. The molecule has 2 N–H and O–H groups in total. The number of rotatable bonds is 6. The van der Waals surface area contributed by atoms with Crippen LogP contribution in [0.15, 0.2) is 10.6 Å². The number of nitrogens with zero attached hydrogens (tertiary/aromatic N) is 2. The molecular formula is C13H21N3O3. The molecule has 106 valence electrons. The fraction of sp³-hybridized carbons (Fsp3) is 0.692. The van der Waals surface area contributed by atoms with Gasteiger partial charge in [0.1, 0.15) is 0 Å². The number of hydrogen-bond donors (Lipinski definition) is 2. The molecule has 1 aliphatic rings. The van der Waals surface area contributed by atoms with Crippen LogP contribution in [0.2, 0.25) is 0 Å². The van der Waals surface area contributed by atoms with Gasteiger partial charge in [-0.25, -0.2) is 4.79 Å². The van der Waals surface area contributed by atoms with E-state index in [-0.39, 0.29) is 5.69 Å². The van der Waals surface area contributed by atoms with Gasteiger partial charge < -0.3 is 14.9 Å². The highest BCUT2D eigenvalue weighted by Crippen LogP contribution is 2.16. The highest BCUT2D eigenvalue weighted by atomic mass is 16.5. The Kier molecular flexibility index (Phi) is 4.93. The quantitative estimate of drug-likeness (QED) is 0.809. The summed E-state index contributed by atoms with van der Waals surface area (Å²) in [5, 5.41) is 15.8. The van der Waals surface area contributed by atoms with Gasteiger partial charge in [-0.2, -0.15) is 0 Å². The average molecular weight is 267 g/mol. The van der Waals surface area contributed by atoms with Gasteiger partial charge in [0.05, 0.1) is 6.54 Å². The van der Waals surface area contributed by atoms with Crippen LogP contribution < -0.4 is 5.32 Å². The lowest BCUT2D eigenvalue weighted by molar-refractivity contribution is 0.0685. The Morgan fingerprint density at radius 1 is 1.58 bits per heavy atom. The molecule has 0 aromatic carbocycles. The second-order valence-electron chi connectivity index (χ2n) is 4.94. The smallest absolute Gasteiger partial charge is 0.358 e. The van der Waals surface area contributed by atoms with Crippen LogP contribution in [0, 0.1) is 0 Å². The molecule has 0 amide bonds. The molecule has 19 heavy (non-hydrogen) atoms. The van der Waals surface area contributed by atoms with Crippen LogP contribution in [0.1, 0.15) is 42.4 Å². The van der Waals surface area contributed by atoms with Crippen LogP contribution in [-0.2, 0) is 6.54 Å². The number of hydrogen-bond acceptors (Lipinski definition) is 5. The van der Waals surface area contributed by atoms with E-state index in [4.69, 9.17) is 9.63 Å². The van der Waals surface area contributed by atoms with E-state index in [1.807, 2.05) is 0 Å². The first-order valence-electron chi connectivity index (χ1n) is 6.84. The standard InChI is InChI=1S/C13H21N3O3/c1-2-7-16(10-3-5-14-6-4-10)9-11-8-12(13(17)18)15-19-11/h8,10,14H,2-7,9H2,1H3,(H,17,18). The molecule has 0 radical (unpaired) electrons. The summed E-state index contributed by atoms with van der Waals surface area (Å²) in [6.45, 7) is 5.87. The van der Waals surface area contributed by atoms with E-state index in [9.17, 15) is 4.79 Å². The van der Waals surface area contributed by atoms with Crippen molar-refractivity contribution in [3.05, 3.63) is 17.5 Å². The normalized spacial score (nSPS) is 16.9. The first kappa shape index (κ1) is 14.0. The summed E-state index contributed by atoms with van der Waals surface area (Å²) in [4.78, 5) is 13.2. The third-order valence-electron chi connectivity index (χ3n) is 3.47. The molecule has 2 rings (SSSR count). The molecule has 0 saturated carbocycles. The van der Waals surface area contributed by atoms with Gasteiger partial charge in [-0.3, -0.25) is 4.90 Å². The van der Waals surface area contributed by atoms with E-state index in [1.54, 1.807) is 0 Å². The summed E-state index contributed by atoms with van der Waals surface area (Å²) < 4.78 is 5.11. The topological polar surface area (TPSA) is 78.6 Å². The predicted molar refractivity (Wildman–Crippen MR) is 70.1 cm³/mol. The molecule has 0 aliphatic carbocycles. The van der Waals surface area contributed by atoms with E-state index in [0.717, 1.165) is 38.9 Å². The van der Waals surface area contributed by atoms with Gasteiger partial charge in [0.2, 0.25) is 0 Å². The monoisotopic (exact) mass is 267 g/mol. The lowest BCUT2D eigenvalue weighted by atomic mass is 10.0. The summed E-state index contributed by atoms with van der Waals surface area (Å²) in [7, 11) is 0.